The fraction of sp³-hybridized carbons (Fsp3) is 0.296. The maximum atomic E-state index is 6.48. The van der Waals surface area contributed by atoms with Crippen molar-refractivity contribution in [2.24, 2.45) is 5.10 Å². The number of hydrogen-bond acceptors (Lipinski definition) is 5. The first-order valence-electron chi connectivity index (χ1n) is 11.3. The third-order valence-corrected chi connectivity index (χ3v) is 6.04. The Hall–Kier alpha value is -3.47. The molecule has 0 radical (unpaired) electrons. The second kappa shape index (κ2) is 8.95. The van der Waals surface area contributed by atoms with Crippen LogP contribution in [0.4, 0.5) is 0 Å². The van der Waals surface area contributed by atoms with Crippen molar-refractivity contribution in [3.05, 3.63) is 89.5 Å². The molecule has 2 atom stereocenters. The Kier molecular flexibility index (Phi) is 5.71. The van der Waals surface area contributed by atoms with E-state index in [1.54, 1.807) is 7.11 Å². The third-order valence-electron chi connectivity index (χ3n) is 6.04. The first-order chi connectivity index (χ1) is 15.8. The minimum atomic E-state index is -0.299. The molecule has 5 nitrogen and oxygen atoms in total. The fourth-order valence-electron chi connectivity index (χ4n) is 4.28. The van der Waals surface area contributed by atoms with E-state index in [2.05, 4.69) is 54.4 Å². The first kappa shape index (κ1) is 20.4. The molecule has 0 saturated carbocycles. The highest BCUT2D eigenvalue weighted by Gasteiger charge is 2.41. The van der Waals surface area contributed by atoms with Gasteiger partial charge < -0.3 is 14.2 Å². The molecule has 0 saturated heterocycles. The van der Waals surface area contributed by atoms with Gasteiger partial charge in [0.1, 0.15) is 17.2 Å². The largest absolute Gasteiger partial charge is 0.497 e. The number of benzene rings is 3. The van der Waals surface area contributed by atoms with Crippen molar-refractivity contribution in [3.8, 4) is 17.2 Å². The standard InChI is InChI=1S/C27H28N2O3/c1-3-4-16-31-21-12-10-20(11-13-21)27-29-25(18-24(28-29)19-8-6-5-7-9-19)23-17-22(30-2)14-15-26(23)32-27/h5-15,17,25,27H,3-4,16,18H2,1-2H3/t25-,27+/m1/s1. The number of unbranched alkanes of at least 4 members (excludes halogenated alkanes) is 1. The molecular weight excluding hydrogens is 400 g/mol. The Balaban J connectivity index is 1.48. The summed E-state index contributed by atoms with van der Waals surface area (Å²) in [6.07, 6.45) is 2.70. The quantitative estimate of drug-likeness (QED) is 0.426. The van der Waals surface area contributed by atoms with E-state index in [0.29, 0.717) is 0 Å². The van der Waals surface area contributed by atoms with E-state index < -0.39 is 0 Å². The van der Waals surface area contributed by atoms with Gasteiger partial charge in [0.05, 0.1) is 25.5 Å². The summed E-state index contributed by atoms with van der Waals surface area (Å²) in [4.78, 5) is 0. The summed E-state index contributed by atoms with van der Waals surface area (Å²) >= 11 is 0. The van der Waals surface area contributed by atoms with Crippen LogP contribution in [-0.4, -0.2) is 24.4 Å². The molecule has 0 fully saturated rings. The van der Waals surface area contributed by atoms with E-state index in [9.17, 15) is 0 Å². The predicted molar refractivity (Wildman–Crippen MR) is 125 cm³/mol. The molecule has 3 aromatic carbocycles. The summed E-state index contributed by atoms with van der Waals surface area (Å²) in [6.45, 7) is 2.90. The molecule has 3 aromatic rings. The van der Waals surface area contributed by atoms with Gasteiger partial charge >= 0.3 is 0 Å². The van der Waals surface area contributed by atoms with Crippen LogP contribution < -0.4 is 14.2 Å². The van der Waals surface area contributed by atoms with Crippen molar-refractivity contribution in [3.63, 3.8) is 0 Å². The van der Waals surface area contributed by atoms with Gasteiger partial charge in [-0.3, -0.25) is 0 Å². The van der Waals surface area contributed by atoms with Crippen molar-refractivity contribution < 1.29 is 14.2 Å². The maximum absolute atomic E-state index is 6.48. The Labute approximate surface area is 189 Å². The zero-order valence-corrected chi connectivity index (χ0v) is 18.5. The van der Waals surface area contributed by atoms with E-state index in [1.807, 2.05) is 30.3 Å². The number of hydrogen-bond donors (Lipinski definition) is 0. The van der Waals surface area contributed by atoms with E-state index in [1.165, 1.54) is 0 Å². The van der Waals surface area contributed by atoms with Crippen LogP contribution in [-0.2, 0) is 0 Å². The average molecular weight is 429 g/mol. The highest BCUT2D eigenvalue weighted by atomic mass is 16.5. The molecule has 5 heteroatoms. The molecule has 0 aromatic heterocycles. The summed E-state index contributed by atoms with van der Waals surface area (Å²) in [7, 11) is 1.69. The molecule has 2 heterocycles. The highest BCUT2D eigenvalue weighted by molar-refractivity contribution is 6.01. The van der Waals surface area contributed by atoms with Crippen molar-refractivity contribution in [2.45, 2.75) is 38.5 Å². The summed E-state index contributed by atoms with van der Waals surface area (Å²) in [5, 5.41) is 7.12. The summed E-state index contributed by atoms with van der Waals surface area (Å²) < 4.78 is 17.8. The van der Waals surface area contributed by atoms with Crippen LogP contribution in [0.15, 0.2) is 77.9 Å². The molecule has 32 heavy (non-hydrogen) atoms. The van der Waals surface area contributed by atoms with Gasteiger partial charge in [-0.25, -0.2) is 5.01 Å². The second-order valence-electron chi connectivity index (χ2n) is 8.16. The van der Waals surface area contributed by atoms with Crippen molar-refractivity contribution in [2.75, 3.05) is 13.7 Å². The Morgan fingerprint density at radius 1 is 1.00 bits per heavy atom. The lowest BCUT2D eigenvalue weighted by Crippen LogP contribution is -2.33. The van der Waals surface area contributed by atoms with Crippen LogP contribution >= 0.6 is 0 Å². The van der Waals surface area contributed by atoms with Crippen molar-refractivity contribution in [1.29, 1.82) is 0 Å². The number of rotatable bonds is 7. The van der Waals surface area contributed by atoms with Gasteiger partial charge in [0, 0.05) is 17.5 Å². The Bertz CT molecular complexity index is 1100. The molecule has 0 N–H and O–H groups in total. The Morgan fingerprint density at radius 2 is 1.78 bits per heavy atom. The van der Waals surface area contributed by atoms with Crippen LogP contribution in [0.2, 0.25) is 0 Å². The lowest BCUT2D eigenvalue weighted by atomic mass is 9.95. The molecule has 5 rings (SSSR count). The number of ether oxygens (including phenoxy) is 3. The van der Waals surface area contributed by atoms with E-state index in [0.717, 1.165) is 65.5 Å². The minimum absolute atomic E-state index is 0.0922. The van der Waals surface area contributed by atoms with Crippen LogP contribution in [0, 0.1) is 0 Å². The SMILES string of the molecule is CCCCOc1ccc([C@@H]2Oc3ccc(OC)cc3[C@H]3CC(c4ccccc4)=NN32)cc1. The van der Waals surface area contributed by atoms with E-state index >= 15 is 0 Å². The van der Waals surface area contributed by atoms with E-state index in [-0.39, 0.29) is 12.3 Å². The van der Waals surface area contributed by atoms with Crippen molar-refractivity contribution in [1.82, 2.24) is 5.01 Å². The predicted octanol–water partition coefficient (Wildman–Crippen LogP) is 6.12. The summed E-state index contributed by atoms with van der Waals surface area (Å²) in [6, 6.07) is 24.7. The lowest BCUT2D eigenvalue weighted by Gasteiger charge is -2.38. The van der Waals surface area contributed by atoms with Gasteiger partial charge in [0.2, 0.25) is 6.23 Å². The van der Waals surface area contributed by atoms with Crippen molar-refractivity contribution >= 4 is 5.71 Å². The van der Waals surface area contributed by atoms with Gasteiger partial charge in [0.25, 0.3) is 0 Å². The van der Waals surface area contributed by atoms with Gasteiger partial charge in [-0.05, 0) is 54.4 Å². The highest BCUT2D eigenvalue weighted by Crippen LogP contribution is 2.48. The molecule has 0 unspecified atom stereocenters. The second-order valence-corrected chi connectivity index (χ2v) is 8.16. The Morgan fingerprint density at radius 3 is 2.53 bits per heavy atom. The zero-order chi connectivity index (χ0) is 21.9. The van der Waals surface area contributed by atoms with Crippen LogP contribution in [0.5, 0.6) is 17.2 Å². The minimum Gasteiger partial charge on any atom is -0.497 e. The normalized spacial score (nSPS) is 18.9. The molecule has 0 spiro atoms. The summed E-state index contributed by atoms with van der Waals surface area (Å²) in [5.41, 5.74) is 4.37. The lowest BCUT2D eigenvalue weighted by molar-refractivity contribution is -0.0191. The van der Waals surface area contributed by atoms with Gasteiger partial charge in [-0.1, -0.05) is 43.7 Å². The number of nitrogens with zero attached hydrogens (tertiary/aromatic N) is 2. The van der Waals surface area contributed by atoms with Crippen LogP contribution in [0.25, 0.3) is 0 Å². The number of methoxy groups -OCH3 is 1. The van der Waals surface area contributed by atoms with Crippen LogP contribution in [0.1, 0.15) is 55.1 Å². The molecule has 164 valence electrons. The summed E-state index contributed by atoms with van der Waals surface area (Å²) in [5.74, 6) is 2.59. The topological polar surface area (TPSA) is 43.3 Å². The zero-order valence-electron chi connectivity index (χ0n) is 18.5. The number of fused-ring (bicyclic) bond motifs is 3. The smallest absolute Gasteiger partial charge is 0.213 e. The average Bonchev–Trinajstić information content (AvgIpc) is 3.30. The molecule has 0 amide bonds. The monoisotopic (exact) mass is 428 g/mol. The van der Waals surface area contributed by atoms with E-state index in [4.69, 9.17) is 19.3 Å². The first-order valence-corrected chi connectivity index (χ1v) is 11.3. The third kappa shape index (κ3) is 3.91. The van der Waals surface area contributed by atoms with Gasteiger partial charge in [0.15, 0.2) is 0 Å². The van der Waals surface area contributed by atoms with Gasteiger partial charge in [-0.15, -0.1) is 0 Å². The maximum Gasteiger partial charge on any atom is 0.213 e. The number of hydrazone groups is 1. The molecule has 2 aliphatic heterocycles. The molecule has 0 bridgehead atoms. The molecular formula is C27H28N2O3. The molecule has 2 aliphatic rings. The van der Waals surface area contributed by atoms with Gasteiger partial charge in [-0.2, -0.15) is 5.10 Å². The molecule has 0 aliphatic carbocycles. The fourth-order valence-corrected chi connectivity index (χ4v) is 4.28. The van der Waals surface area contributed by atoms with Crippen LogP contribution in [0.3, 0.4) is 0 Å².